The lowest BCUT2D eigenvalue weighted by Gasteiger charge is -2.76. The Labute approximate surface area is 367 Å². The lowest BCUT2D eigenvalue weighted by Crippen LogP contribution is -2.73. The Balaban J connectivity index is 1.01. The summed E-state index contributed by atoms with van der Waals surface area (Å²) in [6.45, 7) is 9.83. The number of fused-ring (bicyclic) bond motifs is 12. The molecule has 0 aliphatic heterocycles. The third-order valence-electron chi connectivity index (χ3n) is 18.7. The van der Waals surface area contributed by atoms with Crippen molar-refractivity contribution in [2.45, 2.75) is 87.9 Å². The number of hydrogen-bond donors (Lipinski definition) is 0. The third-order valence-corrected chi connectivity index (χ3v) is 18.7. The molecule has 7 aromatic carbocycles. The molecule has 0 heterocycles. The standard InChI is InChI=1S/C61H55N/c1-57(2)29-30-58(3,4)54-36-44(25-28-52(54)57)62(42-24-27-51-48(34-42)46-20-12-14-22-50(46)61(51)55-32-38-31-41-33-56(61)59(41,55)37-38)43-23-26-47-45-19-11-13-21-49(45)60(53(47)35-43,39-15-7-5-8-16-39)40-17-9-6-10-18-40/h5-28,34-36,38,41,55-56H,29-33,37H2,1-4H3. The van der Waals surface area contributed by atoms with Crippen LogP contribution in [0.1, 0.15) is 111 Å². The molecular weight excluding hydrogens is 747 g/mol. The Bertz CT molecular complexity index is 2990. The summed E-state index contributed by atoms with van der Waals surface area (Å²) in [6, 6.07) is 63.9. The monoisotopic (exact) mass is 801 g/mol. The zero-order valence-corrected chi connectivity index (χ0v) is 36.6. The molecule has 0 saturated heterocycles. The fraction of sp³-hybridized carbons (Fsp3) is 0.311. The second kappa shape index (κ2) is 11.9. The highest BCUT2D eigenvalue weighted by Crippen LogP contribution is 2.89. The number of hydrogen-bond acceptors (Lipinski definition) is 1. The van der Waals surface area contributed by atoms with Crippen LogP contribution in [0, 0.1) is 29.1 Å². The van der Waals surface area contributed by atoms with Crippen molar-refractivity contribution in [3.05, 3.63) is 208 Å². The summed E-state index contributed by atoms with van der Waals surface area (Å²) >= 11 is 0. The van der Waals surface area contributed by atoms with Gasteiger partial charge in [-0.1, -0.05) is 155 Å². The molecule has 0 radical (unpaired) electrons. The summed E-state index contributed by atoms with van der Waals surface area (Å²) in [6.07, 6.45) is 8.25. The molecule has 2 bridgehead atoms. The van der Waals surface area contributed by atoms with Crippen LogP contribution < -0.4 is 4.90 Å². The van der Waals surface area contributed by atoms with Crippen LogP contribution in [-0.2, 0) is 21.7 Å². The van der Waals surface area contributed by atoms with Gasteiger partial charge in [0.05, 0.1) is 5.41 Å². The van der Waals surface area contributed by atoms with Gasteiger partial charge in [0.2, 0.25) is 0 Å². The molecular formula is C61H55N. The molecule has 0 aromatic heterocycles. The predicted octanol–water partition coefficient (Wildman–Crippen LogP) is 15.2. The molecule has 6 unspecified atom stereocenters. The van der Waals surface area contributed by atoms with Gasteiger partial charge in [-0.2, -0.15) is 0 Å². The van der Waals surface area contributed by atoms with Crippen LogP contribution in [0.2, 0.25) is 0 Å². The first-order valence-corrected chi connectivity index (χ1v) is 23.7. The zero-order valence-electron chi connectivity index (χ0n) is 36.6. The Hall–Kier alpha value is -5.66. The maximum absolute atomic E-state index is 2.62. The fourth-order valence-corrected chi connectivity index (χ4v) is 16.2. The average molecular weight is 802 g/mol. The van der Waals surface area contributed by atoms with E-state index in [2.05, 4.69) is 196 Å². The SMILES string of the molecule is CC1(C)CCC(C)(C)c2cc(N(c3ccc4c(c3)-c3ccccc3C43C4CC5CC6CC3C64C5)c3ccc4c(c3)C(c3ccccc3)(c3ccccc3)c3ccccc3-4)ccc21. The van der Waals surface area contributed by atoms with Gasteiger partial charge in [0.25, 0.3) is 0 Å². The summed E-state index contributed by atoms with van der Waals surface area (Å²) in [5.74, 6) is 3.53. The van der Waals surface area contributed by atoms with Crippen molar-refractivity contribution in [1.29, 1.82) is 0 Å². The molecule has 4 saturated carbocycles. The van der Waals surface area contributed by atoms with Crippen molar-refractivity contribution in [3.8, 4) is 22.3 Å². The van der Waals surface area contributed by atoms with Crippen molar-refractivity contribution in [2.24, 2.45) is 29.1 Å². The molecule has 304 valence electrons. The predicted molar refractivity (Wildman–Crippen MR) is 255 cm³/mol. The van der Waals surface area contributed by atoms with E-state index in [9.17, 15) is 0 Å². The van der Waals surface area contributed by atoms with E-state index in [1.54, 1.807) is 11.1 Å². The van der Waals surface area contributed by atoms with E-state index in [0.717, 1.165) is 23.7 Å². The Morgan fingerprint density at radius 3 is 1.63 bits per heavy atom. The summed E-state index contributed by atoms with van der Waals surface area (Å²) in [4.78, 5) is 2.62. The summed E-state index contributed by atoms with van der Waals surface area (Å²) in [5.41, 5.74) is 21.4. The van der Waals surface area contributed by atoms with Crippen LogP contribution in [0.5, 0.6) is 0 Å². The van der Waals surface area contributed by atoms with Crippen molar-refractivity contribution < 1.29 is 0 Å². The first kappa shape index (κ1) is 35.9. The van der Waals surface area contributed by atoms with Crippen LogP contribution in [0.3, 0.4) is 0 Å². The number of nitrogens with zero attached hydrogens (tertiary/aromatic N) is 1. The first-order valence-electron chi connectivity index (χ1n) is 23.7. The molecule has 2 spiro atoms. The van der Waals surface area contributed by atoms with Crippen molar-refractivity contribution >= 4 is 17.1 Å². The summed E-state index contributed by atoms with van der Waals surface area (Å²) in [5, 5.41) is 0. The topological polar surface area (TPSA) is 3.24 Å². The van der Waals surface area contributed by atoms with E-state index in [1.807, 2.05) is 0 Å². The van der Waals surface area contributed by atoms with Gasteiger partial charge < -0.3 is 4.90 Å². The van der Waals surface area contributed by atoms with Crippen LogP contribution >= 0.6 is 0 Å². The van der Waals surface area contributed by atoms with E-state index < -0.39 is 5.41 Å². The van der Waals surface area contributed by atoms with Crippen LogP contribution in [0.4, 0.5) is 17.1 Å². The maximum atomic E-state index is 2.62. The van der Waals surface area contributed by atoms with Crippen molar-refractivity contribution in [3.63, 3.8) is 0 Å². The molecule has 14 rings (SSSR count). The lowest BCUT2D eigenvalue weighted by atomic mass is 9.27. The van der Waals surface area contributed by atoms with Crippen LogP contribution in [0.15, 0.2) is 164 Å². The number of rotatable bonds is 5. The van der Waals surface area contributed by atoms with Crippen LogP contribution in [0.25, 0.3) is 22.3 Å². The Morgan fingerprint density at radius 1 is 0.419 bits per heavy atom. The Kier molecular flexibility index (Phi) is 6.87. The highest BCUT2D eigenvalue weighted by Gasteiger charge is 2.84. The fourth-order valence-electron chi connectivity index (χ4n) is 16.2. The maximum Gasteiger partial charge on any atom is 0.0714 e. The van der Waals surface area contributed by atoms with E-state index in [4.69, 9.17) is 0 Å². The van der Waals surface area contributed by atoms with Gasteiger partial charge in [-0.05, 0) is 182 Å². The largest absolute Gasteiger partial charge is 0.310 e. The molecule has 4 fully saturated rings. The van der Waals surface area contributed by atoms with E-state index in [-0.39, 0.29) is 16.2 Å². The van der Waals surface area contributed by atoms with Gasteiger partial charge in [-0.25, -0.2) is 0 Å². The molecule has 7 aromatic rings. The molecule has 1 nitrogen and oxygen atoms in total. The minimum atomic E-state index is -0.470. The van der Waals surface area contributed by atoms with Gasteiger partial charge in [0, 0.05) is 22.5 Å². The smallest absolute Gasteiger partial charge is 0.0714 e. The number of benzene rings is 7. The van der Waals surface area contributed by atoms with E-state index >= 15 is 0 Å². The van der Waals surface area contributed by atoms with Gasteiger partial charge in [-0.3, -0.25) is 0 Å². The highest BCUT2D eigenvalue weighted by atomic mass is 15.1. The van der Waals surface area contributed by atoms with Gasteiger partial charge in [0.1, 0.15) is 0 Å². The Morgan fingerprint density at radius 2 is 0.935 bits per heavy atom. The summed E-state index contributed by atoms with van der Waals surface area (Å²) in [7, 11) is 0. The zero-order chi connectivity index (χ0) is 41.4. The lowest BCUT2D eigenvalue weighted by molar-refractivity contribution is -0.231. The molecule has 1 heteroatoms. The molecule has 7 aliphatic rings. The molecule has 6 atom stereocenters. The van der Waals surface area contributed by atoms with E-state index in [0.29, 0.717) is 5.41 Å². The minimum Gasteiger partial charge on any atom is -0.310 e. The second-order valence-electron chi connectivity index (χ2n) is 21.9. The molecule has 0 amide bonds. The second-order valence-corrected chi connectivity index (χ2v) is 21.9. The minimum absolute atomic E-state index is 0.0899. The van der Waals surface area contributed by atoms with Crippen LogP contribution in [-0.4, -0.2) is 0 Å². The molecule has 0 N–H and O–H groups in total. The first-order chi connectivity index (χ1) is 30.2. The molecule has 62 heavy (non-hydrogen) atoms. The average Bonchev–Trinajstić information content (AvgIpc) is 4.01. The number of anilines is 3. The van der Waals surface area contributed by atoms with Crippen molar-refractivity contribution in [2.75, 3.05) is 4.90 Å². The van der Waals surface area contributed by atoms with Gasteiger partial charge >= 0.3 is 0 Å². The van der Waals surface area contributed by atoms with E-state index in [1.165, 1.54) is 111 Å². The molecule has 7 aliphatic carbocycles. The third kappa shape index (κ3) is 4.14. The van der Waals surface area contributed by atoms with Gasteiger partial charge in [-0.15, -0.1) is 0 Å². The van der Waals surface area contributed by atoms with Gasteiger partial charge in [0.15, 0.2) is 0 Å². The van der Waals surface area contributed by atoms with Crippen molar-refractivity contribution in [1.82, 2.24) is 0 Å². The highest BCUT2D eigenvalue weighted by molar-refractivity contribution is 5.92. The summed E-state index contributed by atoms with van der Waals surface area (Å²) < 4.78 is 0. The normalized spacial score (nSPS) is 28.5. The quantitative estimate of drug-likeness (QED) is 0.168.